The summed E-state index contributed by atoms with van der Waals surface area (Å²) in [4.78, 5) is 5.00. The number of piperidine rings is 1. The second kappa shape index (κ2) is 23.1. The zero-order valence-corrected chi connectivity index (χ0v) is 31.7. The van der Waals surface area contributed by atoms with Crippen LogP contribution in [-0.4, -0.2) is 28.4 Å². The van der Waals surface area contributed by atoms with Crippen molar-refractivity contribution in [2.75, 3.05) is 6.54 Å². The molecular formula is C47H64N2. The Balaban J connectivity index is 0.00000132. The number of likely N-dealkylation sites (tertiary alicyclic amines) is 1. The number of hydrogen-bond acceptors (Lipinski definition) is 2. The third-order valence-corrected chi connectivity index (χ3v) is 8.75. The van der Waals surface area contributed by atoms with Crippen molar-refractivity contribution < 1.29 is 0 Å². The molecule has 2 aliphatic heterocycles. The van der Waals surface area contributed by atoms with E-state index in [2.05, 4.69) is 152 Å². The first kappa shape index (κ1) is 40.9. The third kappa shape index (κ3) is 11.7. The summed E-state index contributed by atoms with van der Waals surface area (Å²) in [5.74, 6) is 0.916. The average molecular weight is 657 g/mol. The van der Waals surface area contributed by atoms with Crippen molar-refractivity contribution in [1.82, 2.24) is 9.80 Å². The highest BCUT2D eigenvalue weighted by Gasteiger charge is 2.34. The minimum absolute atomic E-state index is 0.229. The van der Waals surface area contributed by atoms with Gasteiger partial charge in [-0.15, -0.1) is 0 Å². The molecule has 0 spiro atoms. The van der Waals surface area contributed by atoms with Gasteiger partial charge in [-0.05, 0) is 66.0 Å². The van der Waals surface area contributed by atoms with Crippen LogP contribution in [0.15, 0.2) is 170 Å². The summed E-state index contributed by atoms with van der Waals surface area (Å²) in [6, 6.07) is 11.1. The van der Waals surface area contributed by atoms with E-state index in [1.807, 2.05) is 53.7 Å². The lowest BCUT2D eigenvalue weighted by Gasteiger charge is -2.43. The van der Waals surface area contributed by atoms with Crippen LogP contribution in [0.5, 0.6) is 0 Å². The quantitative estimate of drug-likeness (QED) is 0.231. The minimum Gasteiger partial charge on any atom is -0.367 e. The average Bonchev–Trinajstić information content (AvgIpc) is 3.60. The zero-order chi connectivity index (χ0) is 36.0. The molecule has 4 atom stereocenters. The highest BCUT2D eigenvalue weighted by molar-refractivity contribution is 5.75. The molecule has 262 valence electrons. The highest BCUT2D eigenvalue weighted by Crippen LogP contribution is 2.41. The van der Waals surface area contributed by atoms with Crippen molar-refractivity contribution in [1.29, 1.82) is 0 Å². The van der Waals surface area contributed by atoms with Crippen molar-refractivity contribution in [3.63, 3.8) is 0 Å². The van der Waals surface area contributed by atoms with Gasteiger partial charge in [0, 0.05) is 36.1 Å². The van der Waals surface area contributed by atoms with Gasteiger partial charge < -0.3 is 9.80 Å². The summed E-state index contributed by atoms with van der Waals surface area (Å²) in [5, 5.41) is 0. The Morgan fingerprint density at radius 2 is 1.51 bits per heavy atom. The minimum atomic E-state index is 0.229. The predicted octanol–water partition coefficient (Wildman–Crippen LogP) is 13.1. The van der Waals surface area contributed by atoms with E-state index in [1.54, 1.807) is 0 Å². The van der Waals surface area contributed by atoms with Crippen LogP contribution in [0.1, 0.15) is 86.1 Å². The summed E-state index contributed by atoms with van der Waals surface area (Å²) in [5.41, 5.74) is 7.25. The fourth-order valence-electron chi connectivity index (χ4n) is 6.64. The van der Waals surface area contributed by atoms with E-state index in [4.69, 9.17) is 0 Å². The molecule has 4 bridgehead atoms. The van der Waals surface area contributed by atoms with Crippen LogP contribution in [0.2, 0.25) is 0 Å². The van der Waals surface area contributed by atoms with E-state index in [0.29, 0.717) is 17.9 Å². The molecule has 0 amide bonds. The Morgan fingerprint density at radius 1 is 0.837 bits per heavy atom. The molecule has 2 heterocycles. The Kier molecular flexibility index (Phi) is 19.3. The second-order valence-corrected chi connectivity index (χ2v) is 11.8. The van der Waals surface area contributed by atoms with Gasteiger partial charge in [-0.3, -0.25) is 0 Å². The smallest absolute Gasteiger partial charge is 0.0533 e. The Morgan fingerprint density at radius 3 is 2.18 bits per heavy atom. The molecule has 1 fully saturated rings. The highest BCUT2D eigenvalue weighted by atomic mass is 15.2. The number of allylic oxidation sites excluding steroid dienone is 15. The van der Waals surface area contributed by atoms with Gasteiger partial charge in [0.2, 0.25) is 0 Å². The molecular weight excluding hydrogens is 593 g/mol. The van der Waals surface area contributed by atoms with Gasteiger partial charge in [-0.1, -0.05) is 184 Å². The number of unbranched alkanes of at least 4 members (excludes halogenated alkanes) is 1. The van der Waals surface area contributed by atoms with Crippen molar-refractivity contribution in [3.05, 3.63) is 176 Å². The number of rotatable bonds is 10. The van der Waals surface area contributed by atoms with Gasteiger partial charge in [0.15, 0.2) is 0 Å². The number of benzene rings is 1. The summed E-state index contributed by atoms with van der Waals surface area (Å²) < 4.78 is 0. The van der Waals surface area contributed by atoms with Gasteiger partial charge in [-0.2, -0.15) is 0 Å². The largest absolute Gasteiger partial charge is 0.367 e. The van der Waals surface area contributed by atoms with Crippen molar-refractivity contribution in [2.45, 2.75) is 92.7 Å². The topological polar surface area (TPSA) is 6.48 Å². The monoisotopic (exact) mass is 657 g/mol. The van der Waals surface area contributed by atoms with Gasteiger partial charge in [0.25, 0.3) is 0 Å². The molecule has 1 aromatic carbocycles. The fraction of sp³-hybridized carbons (Fsp3) is 0.362. The lowest BCUT2D eigenvalue weighted by atomic mass is 9.83. The molecule has 0 saturated carbocycles. The fourth-order valence-corrected chi connectivity index (χ4v) is 6.64. The maximum Gasteiger partial charge on any atom is 0.0533 e. The first-order valence-electron chi connectivity index (χ1n) is 18.8. The van der Waals surface area contributed by atoms with Crippen LogP contribution in [-0.2, 0) is 0 Å². The van der Waals surface area contributed by atoms with Crippen LogP contribution in [0.3, 0.4) is 0 Å². The van der Waals surface area contributed by atoms with E-state index < -0.39 is 0 Å². The molecule has 0 aromatic heterocycles. The zero-order valence-electron chi connectivity index (χ0n) is 31.7. The molecule has 4 aliphatic rings. The summed E-state index contributed by atoms with van der Waals surface area (Å²) in [7, 11) is 0. The first-order valence-corrected chi connectivity index (χ1v) is 18.8. The van der Waals surface area contributed by atoms with Crippen molar-refractivity contribution >= 4 is 5.57 Å². The maximum atomic E-state index is 4.67. The standard InChI is InChI=1S/C41H46N2.3C2H6/c1-5-8-17-34-28-33-18-13-15-22-38(29-33)42(31-34)26-25-41-40(24-9-6-2)37-21-14-16-23-39(30-37)43(41)32(4)27-35(7-3)36-19-11-10-12-20-36;3*1-2/h5,7-8,10-25,27,31,33,37-39H,1,3-4,6,9,26,28-30H2,2H3;3*1-2H3/b17-8-,35-27+,40-24-,41-25+;;;. The van der Waals surface area contributed by atoms with Crippen molar-refractivity contribution in [3.8, 4) is 0 Å². The molecule has 1 saturated heterocycles. The predicted molar refractivity (Wildman–Crippen MR) is 220 cm³/mol. The molecule has 5 rings (SSSR count). The Hall–Kier alpha value is -4.30. The van der Waals surface area contributed by atoms with Crippen LogP contribution in [0.25, 0.3) is 5.57 Å². The van der Waals surface area contributed by atoms with Gasteiger partial charge in [0.05, 0.1) is 6.04 Å². The summed E-state index contributed by atoms with van der Waals surface area (Å²) in [6.45, 7) is 27.8. The molecule has 49 heavy (non-hydrogen) atoms. The van der Waals surface area contributed by atoms with E-state index in [-0.39, 0.29) is 6.04 Å². The van der Waals surface area contributed by atoms with Gasteiger partial charge >= 0.3 is 0 Å². The van der Waals surface area contributed by atoms with Gasteiger partial charge in [-0.25, -0.2) is 0 Å². The van der Waals surface area contributed by atoms with Crippen LogP contribution in [0, 0.1) is 11.8 Å². The van der Waals surface area contributed by atoms with Gasteiger partial charge in [0.1, 0.15) is 0 Å². The van der Waals surface area contributed by atoms with E-state index in [0.717, 1.165) is 55.5 Å². The SMILES string of the molecule is C=C/C=C\C1=CN(C/C=C2\C(=C/CCC)C3C=CC=CC(C3)N2C(=C)/C=C(\C=C)c2ccccc2)C2C=CC=CC(C1)C2.CC.CC.CC. The normalized spacial score (nSPS) is 23.9. The lowest BCUT2D eigenvalue weighted by Crippen LogP contribution is -2.40. The Labute approximate surface area is 301 Å². The Bertz CT molecular complexity index is 1450. The second-order valence-electron chi connectivity index (χ2n) is 11.8. The van der Waals surface area contributed by atoms with Crippen LogP contribution < -0.4 is 0 Å². The van der Waals surface area contributed by atoms with E-state index in [1.165, 1.54) is 16.8 Å². The molecule has 2 heteroatoms. The van der Waals surface area contributed by atoms with Crippen LogP contribution >= 0.6 is 0 Å². The van der Waals surface area contributed by atoms with Crippen LogP contribution in [0.4, 0.5) is 0 Å². The van der Waals surface area contributed by atoms with E-state index >= 15 is 0 Å². The van der Waals surface area contributed by atoms with Crippen molar-refractivity contribution in [2.24, 2.45) is 11.8 Å². The lowest BCUT2D eigenvalue weighted by molar-refractivity contribution is 0.296. The van der Waals surface area contributed by atoms with E-state index in [9.17, 15) is 0 Å². The molecule has 1 aromatic rings. The summed E-state index contributed by atoms with van der Waals surface area (Å²) >= 11 is 0. The first-order chi connectivity index (χ1) is 24.1. The molecule has 0 radical (unpaired) electrons. The maximum absolute atomic E-state index is 4.67. The number of nitrogens with zero attached hydrogens (tertiary/aromatic N) is 2. The third-order valence-electron chi connectivity index (χ3n) is 8.75. The molecule has 2 nitrogen and oxygen atoms in total. The number of fused-ring (bicyclic) bond motifs is 4. The number of hydrogen-bond donors (Lipinski definition) is 0. The molecule has 2 aliphatic carbocycles. The summed E-state index contributed by atoms with van der Waals surface area (Å²) in [6.07, 6.45) is 41.3. The molecule has 0 N–H and O–H groups in total. The molecule has 4 unspecified atom stereocenters.